The molecule has 0 amide bonds. The summed E-state index contributed by atoms with van der Waals surface area (Å²) in [6.07, 6.45) is 3.38. The van der Waals surface area contributed by atoms with Crippen molar-refractivity contribution in [2.75, 3.05) is 20.1 Å². The van der Waals surface area contributed by atoms with Crippen LogP contribution in [0.5, 0.6) is 0 Å². The summed E-state index contributed by atoms with van der Waals surface area (Å²) in [4.78, 5) is 4.18. The van der Waals surface area contributed by atoms with E-state index in [1.54, 1.807) is 7.05 Å². The van der Waals surface area contributed by atoms with E-state index in [1.807, 2.05) is 6.08 Å². The molecule has 0 aromatic carbocycles. The Hall–Kier alpha value is -0.870. The van der Waals surface area contributed by atoms with Gasteiger partial charge >= 0.3 is 0 Å². The first kappa shape index (κ1) is 10.2. The molecule has 13 heavy (non-hydrogen) atoms. The molecule has 0 radical (unpaired) electrons. The number of piperazine rings is 1. The van der Waals surface area contributed by atoms with E-state index in [4.69, 9.17) is 5.73 Å². The molecule has 1 fully saturated rings. The van der Waals surface area contributed by atoms with Crippen LogP contribution >= 0.6 is 0 Å². The Morgan fingerprint density at radius 1 is 1.54 bits per heavy atom. The smallest absolute Gasteiger partial charge is 0.0620 e. The van der Waals surface area contributed by atoms with Crippen LogP contribution in [0.15, 0.2) is 17.3 Å². The minimum Gasteiger partial charge on any atom is -0.405 e. The van der Waals surface area contributed by atoms with E-state index < -0.39 is 0 Å². The summed E-state index contributed by atoms with van der Waals surface area (Å²) in [6.45, 7) is 4.08. The summed E-state index contributed by atoms with van der Waals surface area (Å²) in [5.74, 6) is 0. The first-order valence-corrected chi connectivity index (χ1v) is 4.59. The Morgan fingerprint density at radius 3 is 2.85 bits per heavy atom. The quantitative estimate of drug-likeness (QED) is 0.504. The molecule has 0 spiro atoms. The summed E-state index contributed by atoms with van der Waals surface area (Å²) in [6, 6.07) is 0.773. The maximum Gasteiger partial charge on any atom is 0.0620 e. The Kier molecular flexibility index (Phi) is 3.92. The lowest BCUT2D eigenvalue weighted by molar-refractivity contribution is 0.406. The van der Waals surface area contributed by atoms with Crippen molar-refractivity contribution in [3.63, 3.8) is 0 Å². The Balaban J connectivity index is 2.58. The highest BCUT2D eigenvalue weighted by Gasteiger charge is 2.19. The van der Waals surface area contributed by atoms with Gasteiger partial charge in [-0.2, -0.15) is 0 Å². The molecule has 74 valence electrons. The van der Waals surface area contributed by atoms with E-state index in [1.165, 1.54) is 6.20 Å². The van der Waals surface area contributed by atoms with Gasteiger partial charge in [0.1, 0.15) is 0 Å². The zero-order valence-electron chi connectivity index (χ0n) is 8.25. The van der Waals surface area contributed by atoms with Crippen LogP contribution in [0, 0.1) is 0 Å². The minimum atomic E-state index is 0.286. The highest BCUT2D eigenvalue weighted by Crippen LogP contribution is 1.97. The molecule has 2 atom stereocenters. The van der Waals surface area contributed by atoms with Crippen LogP contribution in [0.1, 0.15) is 6.92 Å². The molecule has 1 rings (SSSR count). The van der Waals surface area contributed by atoms with E-state index in [-0.39, 0.29) is 6.04 Å². The second-order valence-corrected chi connectivity index (χ2v) is 3.29. The molecule has 1 heterocycles. The van der Waals surface area contributed by atoms with E-state index in [9.17, 15) is 0 Å². The molecule has 0 bridgehead atoms. The van der Waals surface area contributed by atoms with Crippen molar-refractivity contribution in [2.24, 2.45) is 10.7 Å². The zero-order valence-corrected chi connectivity index (χ0v) is 8.25. The number of aliphatic imine (C=N–C) groups is 1. The zero-order chi connectivity index (χ0) is 9.68. The lowest BCUT2D eigenvalue weighted by Crippen LogP contribution is -2.56. The molecule has 0 aromatic heterocycles. The van der Waals surface area contributed by atoms with Crippen LogP contribution < -0.4 is 16.4 Å². The fraction of sp³-hybridized carbons (Fsp3) is 0.667. The second kappa shape index (κ2) is 4.99. The molecule has 4 heteroatoms. The topological polar surface area (TPSA) is 62.4 Å². The maximum absolute atomic E-state index is 5.34. The monoisotopic (exact) mass is 182 g/mol. The highest BCUT2D eigenvalue weighted by atomic mass is 15.1. The predicted octanol–water partition coefficient (Wildman–Crippen LogP) is -0.520. The summed E-state index contributed by atoms with van der Waals surface area (Å²) in [5, 5.41) is 6.79. The first-order valence-electron chi connectivity index (χ1n) is 4.59. The predicted molar refractivity (Wildman–Crippen MR) is 55.9 cm³/mol. The Morgan fingerprint density at radius 2 is 2.31 bits per heavy atom. The van der Waals surface area contributed by atoms with Crippen molar-refractivity contribution in [3.8, 4) is 0 Å². The average molecular weight is 182 g/mol. The van der Waals surface area contributed by atoms with Crippen LogP contribution in [0.25, 0.3) is 0 Å². The van der Waals surface area contributed by atoms with Crippen LogP contribution in [0.4, 0.5) is 0 Å². The highest BCUT2D eigenvalue weighted by molar-refractivity contribution is 5.99. The van der Waals surface area contributed by atoms with Crippen molar-refractivity contribution < 1.29 is 0 Å². The van der Waals surface area contributed by atoms with E-state index in [0.717, 1.165) is 18.8 Å². The summed E-state index contributed by atoms with van der Waals surface area (Å²) >= 11 is 0. The van der Waals surface area contributed by atoms with Gasteiger partial charge in [0.15, 0.2) is 0 Å². The van der Waals surface area contributed by atoms with Crippen LogP contribution in [-0.4, -0.2) is 37.9 Å². The molecule has 4 N–H and O–H groups in total. The lowest BCUT2D eigenvalue weighted by Gasteiger charge is -2.29. The molecule has 1 saturated heterocycles. The van der Waals surface area contributed by atoms with Crippen LogP contribution in [-0.2, 0) is 0 Å². The molecule has 1 aliphatic rings. The number of nitrogens with one attached hydrogen (secondary N) is 2. The first-order chi connectivity index (χ1) is 6.27. The van der Waals surface area contributed by atoms with Gasteiger partial charge in [0.25, 0.3) is 0 Å². The van der Waals surface area contributed by atoms with Crippen molar-refractivity contribution in [3.05, 3.63) is 12.3 Å². The molecule has 0 saturated carbocycles. The largest absolute Gasteiger partial charge is 0.405 e. The number of rotatable bonds is 2. The fourth-order valence-electron chi connectivity index (χ4n) is 1.54. The standard InChI is InChI=1S/C9H18N4/c1-7-5-12-6-9(13-7)8(11-2)3-4-10/h3-4,7,9,12-13H,5-6,10H2,1-2H3. The van der Waals surface area contributed by atoms with Gasteiger partial charge < -0.3 is 16.4 Å². The van der Waals surface area contributed by atoms with Crippen molar-refractivity contribution in [1.29, 1.82) is 0 Å². The number of nitrogens with zero attached hydrogens (tertiary/aromatic N) is 1. The number of hydrogen-bond acceptors (Lipinski definition) is 4. The van der Waals surface area contributed by atoms with Gasteiger partial charge in [0, 0.05) is 26.2 Å². The van der Waals surface area contributed by atoms with Gasteiger partial charge in [-0.3, -0.25) is 4.99 Å². The summed E-state index contributed by atoms with van der Waals surface area (Å²) in [7, 11) is 1.79. The van der Waals surface area contributed by atoms with E-state index in [2.05, 4.69) is 22.5 Å². The third kappa shape index (κ3) is 2.82. The van der Waals surface area contributed by atoms with Crippen LogP contribution in [0.3, 0.4) is 0 Å². The minimum absolute atomic E-state index is 0.286. The Labute approximate surface area is 79.3 Å². The molecular formula is C9H18N4. The SMILES string of the molecule is CN=C(C=CN)C1CNCC(C)N1. The molecule has 4 nitrogen and oxygen atoms in total. The number of hydrogen-bond donors (Lipinski definition) is 3. The van der Waals surface area contributed by atoms with E-state index in [0.29, 0.717) is 6.04 Å². The summed E-state index contributed by atoms with van der Waals surface area (Å²) < 4.78 is 0. The Bertz CT molecular complexity index is 210. The molecule has 0 aromatic rings. The van der Waals surface area contributed by atoms with Crippen molar-refractivity contribution >= 4 is 5.71 Å². The van der Waals surface area contributed by atoms with Gasteiger partial charge in [-0.1, -0.05) is 0 Å². The average Bonchev–Trinajstić information content (AvgIpc) is 2.14. The third-order valence-corrected chi connectivity index (χ3v) is 2.17. The van der Waals surface area contributed by atoms with Gasteiger partial charge in [0.2, 0.25) is 0 Å². The second-order valence-electron chi connectivity index (χ2n) is 3.29. The molecule has 0 aliphatic carbocycles. The van der Waals surface area contributed by atoms with Crippen molar-refractivity contribution in [1.82, 2.24) is 10.6 Å². The fourth-order valence-corrected chi connectivity index (χ4v) is 1.54. The number of nitrogens with two attached hydrogens (primary N) is 1. The summed E-state index contributed by atoms with van der Waals surface area (Å²) in [5.41, 5.74) is 6.34. The van der Waals surface area contributed by atoms with E-state index >= 15 is 0 Å². The maximum atomic E-state index is 5.34. The normalized spacial score (nSPS) is 31.1. The van der Waals surface area contributed by atoms with Crippen molar-refractivity contribution in [2.45, 2.75) is 19.0 Å². The van der Waals surface area contributed by atoms with Crippen LogP contribution in [0.2, 0.25) is 0 Å². The third-order valence-electron chi connectivity index (χ3n) is 2.17. The molecular weight excluding hydrogens is 164 g/mol. The lowest BCUT2D eigenvalue weighted by atomic mass is 10.1. The van der Waals surface area contributed by atoms with Gasteiger partial charge in [-0.05, 0) is 19.2 Å². The molecule has 2 unspecified atom stereocenters. The molecule has 1 aliphatic heterocycles. The van der Waals surface area contributed by atoms with Gasteiger partial charge in [-0.25, -0.2) is 0 Å². The van der Waals surface area contributed by atoms with Gasteiger partial charge in [0.05, 0.1) is 11.8 Å². The van der Waals surface area contributed by atoms with Gasteiger partial charge in [-0.15, -0.1) is 0 Å².